The quantitative estimate of drug-likeness (QED) is 0.443. The number of amides is 3. The Hall–Kier alpha value is -3.99. The highest BCUT2D eigenvalue weighted by atomic mass is 32.1. The molecule has 0 fully saturated rings. The molecule has 2 aromatic carbocycles. The van der Waals surface area contributed by atoms with E-state index in [2.05, 4.69) is 20.7 Å². The monoisotopic (exact) mass is 468 g/mol. The van der Waals surface area contributed by atoms with E-state index in [1.165, 1.54) is 28.4 Å². The number of carbonyl (C=O) groups is 2. The maximum atomic E-state index is 13.2. The van der Waals surface area contributed by atoms with E-state index in [-0.39, 0.29) is 24.8 Å². The maximum Gasteiger partial charge on any atom is 0.416 e. The molecular weight excluding hydrogens is 447 g/mol. The van der Waals surface area contributed by atoms with E-state index in [9.17, 15) is 14.0 Å². The Kier molecular flexibility index (Phi) is 6.50. The summed E-state index contributed by atoms with van der Waals surface area (Å²) in [6, 6.07) is 13.0. The molecule has 0 aliphatic carbocycles. The van der Waals surface area contributed by atoms with E-state index in [0.29, 0.717) is 16.4 Å². The first-order valence-corrected chi connectivity index (χ1v) is 10.9. The zero-order valence-electron chi connectivity index (χ0n) is 17.9. The van der Waals surface area contributed by atoms with Crippen LogP contribution in [0.25, 0.3) is 10.9 Å². The molecule has 0 atom stereocenters. The van der Waals surface area contributed by atoms with E-state index < -0.39 is 12.1 Å². The Morgan fingerprint density at radius 2 is 2.03 bits per heavy atom. The second-order valence-corrected chi connectivity index (χ2v) is 8.11. The average Bonchev–Trinajstić information content (AvgIpc) is 3.36. The fraction of sp³-hybridized carbons (Fsp3) is 0.182. The number of halogens is 1. The van der Waals surface area contributed by atoms with Crippen LogP contribution in [0.3, 0.4) is 0 Å². The molecule has 0 unspecified atom stereocenters. The lowest BCUT2D eigenvalue weighted by Gasteiger charge is -2.14. The first-order chi connectivity index (χ1) is 15.9. The largest absolute Gasteiger partial charge is 0.416 e. The lowest BCUT2D eigenvalue weighted by atomic mass is 10.2. The van der Waals surface area contributed by atoms with Crippen LogP contribution in [0.2, 0.25) is 0 Å². The second kappa shape index (κ2) is 9.65. The van der Waals surface area contributed by atoms with Gasteiger partial charge in [-0.3, -0.25) is 10.00 Å². The van der Waals surface area contributed by atoms with Gasteiger partial charge in [-0.25, -0.2) is 19.0 Å². The Morgan fingerprint density at radius 1 is 1.21 bits per heavy atom. The normalized spacial score (nSPS) is 10.8. The van der Waals surface area contributed by atoms with Crippen LogP contribution in [0.15, 0.2) is 53.9 Å². The summed E-state index contributed by atoms with van der Waals surface area (Å²) in [5, 5.41) is 12.4. The fourth-order valence-corrected chi connectivity index (χ4v) is 3.83. The third-order valence-corrected chi connectivity index (χ3v) is 5.54. The third-order valence-electron chi connectivity index (χ3n) is 4.73. The molecule has 2 N–H and O–H groups in total. The van der Waals surface area contributed by atoms with Crippen LogP contribution in [0.5, 0.6) is 5.88 Å². The number of rotatable bonds is 6. The van der Waals surface area contributed by atoms with E-state index >= 15 is 0 Å². The molecule has 4 aromatic rings. The van der Waals surface area contributed by atoms with Crippen LogP contribution in [0.1, 0.15) is 11.3 Å². The van der Waals surface area contributed by atoms with Crippen LogP contribution in [0, 0.1) is 5.82 Å². The highest BCUT2D eigenvalue weighted by molar-refractivity contribution is 7.13. The number of ether oxygens (including phenoxy) is 1. The predicted molar refractivity (Wildman–Crippen MR) is 123 cm³/mol. The number of para-hydroxylation sites is 1. The Balaban J connectivity index is 1.30. The molecule has 2 aromatic heterocycles. The topological polar surface area (TPSA) is 101 Å². The SMILES string of the molecule is CN(Cc1csc(NC(=O)NCc2cccc(F)c2)n1)C(=O)Oc1nn(C)c2ccccc12. The first-order valence-electron chi connectivity index (χ1n) is 9.97. The molecular formula is C22H21FN6O3S. The van der Waals surface area contributed by atoms with Crippen molar-refractivity contribution in [3.63, 3.8) is 0 Å². The smallest absolute Gasteiger partial charge is 0.389 e. The fourth-order valence-electron chi connectivity index (χ4n) is 3.13. The minimum absolute atomic E-state index is 0.179. The molecule has 33 heavy (non-hydrogen) atoms. The zero-order chi connectivity index (χ0) is 23.4. The van der Waals surface area contributed by atoms with Crippen molar-refractivity contribution in [2.45, 2.75) is 13.1 Å². The number of aromatic nitrogens is 3. The second-order valence-electron chi connectivity index (χ2n) is 7.25. The molecule has 3 amide bonds. The number of benzene rings is 2. The van der Waals surface area contributed by atoms with Crippen LogP contribution >= 0.6 is 11.3 Å². The summed E-state index contributed by atoms with van der Waals surface area (Å²) in [5.74, 6) is -0.126. The minimum Gasteiger partial charge on any atom is -0.389 e. The summed E-state index contributed by atoms with van der Waals surface area (Å²) in [7, 11) is 3.37. The third kappa shape index (κ3) is 5.44. The van der Waals surface area contributed by atoms with Gasteiger partial charge >= 0.3 is 12.1 Å². The van der Waals surface area contributed by atoms with Gasteiger partial charge in [-0.2, -0.15) is 0 Å². The maximum absolute atomic E-state index is 13.2. The summed E-state index contributed by atoms with van der Waals surface area (Å²) in [4.78, 5) is 30.3. The molecule has 0 aliphatic rings. The number of thiazole rings is 1. The molecule has 0 saturated heterocycles. The van der Waals surface area contributed by atoms with Crippen LogP contribution in [-0.4, -0.2) is 38.8 Å². The van der Waals surface area contributed by atoms with Crippen molar-refractivity contribution in [2.24, 2.45) is 7.05 Å². The molecule has 0 bridgehead atoms. The first kappa shape index (κ1) is 22.2. The van der Waals surface area contributed by atoms with Crippen molar-refractivity contribution in [1.82, 2.24) is 25.0 Å². The number of urea groups is 1. The minimum atomic E-state index is -0.575. The van der Waals surface area contributed by atoms with Gasteiger partial charge in [0.05, 0.1) is 23.1 Å². The van der Waals surface area contributed by atoms with E-state index in [1.54, 1.807) is 36.3 Å². The van der Waals surface area contributed by atoms with E-state index in [0.717, 1.165) is 10.9 Å². The van der Waals surface area contributed by atoms with Crippen LogP contribution in [-0.2, 0) is 20.1 Å². The highest BCUT2D eigenvalue weighted by Crippen LogP contribution is 2.24. The standard InChI is InChI=1S/C22H21FN6O3S/c1-28(22(31)32-19-17-8-3-4-9-18(17)29(2)27-19)12-16-13-33-21(25-16)26-20(30)24-11-14-6-5-7-15(23)10-14/h3-10,13H,11-12H2,1-2H3,(H2,24,25,26,30). The van der Waals surface area contributed by atoms with Gasteiger partial charge < -0.3 is 15.0 Å². The van der Waals surface area contributed by atoms with Gasteiger partial charge in [0.15, 0.2) is 5.13 Å². The summed E-state index contributed by atoms with van der Waals surface area (Å²) in [6.45, 7) is 0.366. The summed E-state index contributed by atoms with van der Waals surface area (Å²) in [6.07, 6.45) is -0.575. The average molecular weight is 469 g/mol. The molecule has 0 saturated carbocycles. The van der Waals surface area contributed by atoms with Crippen LogP contribution in [0.4, 0.5) is 19.1 Å². The Labute approximate surface area is 192 Å². The highest BCUT2D eigenvalue weighted by Gasteiger charge is 2.18. The molecule has 0 radical (unpaired) electrons. The van der Waals surface area contributed by atoms with Crippen molar-refractivity contribution in [2.75, 3.05) is 12.4 Å². The van der Waals surface area contributed by atoms with Crippen molar-refractivity contribution < 1.29 is 18.7 Å². The summed E-state index contributed by atoms with van der Waals surface area (Å²) < 4.78 is 20.3. The number of hydrogen-bond donors (Lipinski definition) is 2. The lowest BCUT2D eigenvalue weighted by molar-refractivity contribution is 0.158. The van der Waals surface area contributed by atoms with E-state index in [1.807, 2.05) is 24.3 Å². The van der Waals surface area contributed by atoms with E-state index in [4.69, 9.17) is 4.74 Å². The van der Waals surface area contributed by atoms with Gasteiger partial charge in [0.2, 0.25) is 0 Å². The molecule has 11 heteroatoms. The summed E-state index contributed by atoms with van der Waals surface area (Å²) in [5.41, 5.74) is 2.09. The van der Waals surface area contributed by atoms with Gasteiger partial charge in [0.25, 0.3) is 5.88 Å². The lowest BCUT2D eigenvalue weighted by Crippen LogP contribution is -2.30. The Bertz CT molecular complexity index is 1300. The number of nitrogens with one attached hydrogen (secondary N) is 2. The van der Waals surface area contributed by atoms with Gasteiger partial charge in [-0.05, 0) is 29.8 Å². The van der Waals surface area contributed by atoms with Crippen molar-refractivity contribution in [1.29, 1.82) is 0 Å². The molecule has 0 aliphatic heterocycles. The zero-order valence-corrected chi connectivity index (χ0v) is 18.7. The number of anilines is 1. The van der Waals surface area contributed by atoms with Crippen molar-refractivity contribution in [3.05, 3.63) is 71.0 Å². The van der Waals surface area contributed by atoms with Crippen molar-refractivity contribution >= 4 is 39.5 Å². The van der Waals surface area contributed by atoms with Crippen LogP contribution < -0.4 is 15.4 Å². The summed E-state index contributed by atoms with van der Waals surface area (Å²) >= 11 is 1.23. The number of nitrogens with zero attached hydrogens (tertiary/aromatic N) is 4. The molecule has 2 heterocycles. The van der Waals surface area contributed by atoms with Gasteiger partial charge in [0, 0.05) is 26.0 Å². The van der Waals surface area contributed by atoms with Gasteiger partial charge in [-0.15, -0.1) is 16.4 Å². The predicted octanol–water partition coefficient (Wildman–Crippen LogP) is 4.12. The molecule has 170 valence electrons. The molecule has 0 spiro atoms. The van der Waals surface area contributed by atoms with Gasteiger partial charge in [-0.1, -0.05) is 24.3 Å². The van der Waals surface area contributed by atoms with Crippen molar-refractivity contribution in [3.8, 4) is 5.88 Å². The number of hydrogen-bond acceptors (Lipinski definition) is 6. The molecule has 4 rings (SSSR count). The number of aryl methyl sites for hydroxylation is 1. The Morgan fingerprint density at radius 3 is 2.85 bits per heavy atom. The van der Waals surface area contributed by atoms with Gasteiger partial charge in [0.1, 0.15) is 5.82 Å². The molecule has 9 nitrogen and oxygen atoms in total. The number of fused-ring (bicyclic) bond motifs is 1. The number of carbonyl (C=O) groups excluding carboxylic acids is 2.